The Morgan fingerprint density at radius 1 is 0.720 bits per heavy atom. The van der Waals surface area contributed by atoms with E-state index in [1.54, 1.807) is 0 Å². The highest BCUT2D eigenvalue weighted by Gasteiger charge is 2.00. The molecule has 0 aromatic heterocycles. The number of rotatable bonds is 12. The van der Waals surface area contributed by atoms with Crippen LogP contribution < -0.4 is 4.74 Å². The Labute approximate surface area is 153 Å². The van der Waals surface area contributed by atoms with Gasteiger partial charge in [0.05, 0.1) is 6.61 Å². The summed E-state index contributed by atoms with van der Waals surface area (Å²) in [4.78, 5) is 0. The lowest BCUT2D eigenvalue weighted by atomic mass is 10.1. The summed E-state index contributed by atoms with van der Waals surface area (Å²) in [5, 5.41) is 0. The van der Waals surface area contributed by atoms with Gasteiger partial charge >= 0.3 is 0 Å². The molecule has 0 radical (unpaired) electrons. The van der Waals surface area contributed by atoms with Crippen molar-refractivity contribution in [2.45, 2.75) is 44.9 Å². The van der Waals surface area contributed by atoms with Gasteiger partial charge in [0, 0.05) is 5.56 Å². The van der Waals surface area contributed by atoms with Crippen LogP contribution in [0.3, 0.4) is 0 Å². The maximum Gasteiger partial charge on any atom is 0.126 e. The zero-order valence-corrected chi connectivity index (χ0v) is 15.2. The number of allylic oxidation sites excluding steroid dienone is 1. The average molecular weight is 335 g/mol. The summed E-state index contributed by atoms with van der Waals surface area (Å²) in [5.41, 5.74) is 2.34. The van der Waals surface area contributed by atoms with Crippen molar-refractivity contribution in [3.63, 3.8) is 0 Å². The molecule has 2 aromatic carbocycles. The van der Waals surface area contributed by atoms with Crippen LogP contribution in [0.25, 0.3) is 12.2 Å². The first kappa shape index (κ1) is 19.1. The lowest BCUT2D eigenvalue weighted by Gasteiger charge is -2.09. The van der Waals surface area contributed by atoms with Crippen LogP contribution in [0.4, 0.5) is 0 Å². The molecule has 0 fully saturated rings. The summed E-state index contributed by atoms with van der Waals surface area (Å²) in [6, 6.07) is 18.6. The lowest BCUT2D eigenvalue weighted by Crippen LogP contribution is -1.98. The fourth-order valence-corrected chi connectivity index (χ4v) is 2.78. The summed E-state index contributed by atoms with van der Waals surface area (Å²) in [6.45, 7) is 4.56. The Morgan fingerprint density at radius 3 is 2.20 bits per heavy atom. The second-order valence-electron chi connectivity index (χ2n) is 6.33. The van der Waals surface area contributed by atoms with Gasteiger partial charge in [-0.2, -0.15) is 0 Å². The molecule has 1 nitrogen and oxygen atoms in total. The first-order valence-corrected chi connectivity index (χ1v) is 9.46. The standard InChI is InChI=1S/C24H30O/c1-2-3-4-5-6-7-8-14-21-25-24-18-13-12-17-23(24)20-19-22-15-10-9-11-16-22/h2,9-13,15-20H,1,3-8,14,21H2. The van der Waals surface area contributed by atoms with Crippen LogP contribution in [0.15, 0.2) is 67.3 Å². The van der Waals surface area contributed by atoms with E-state index >= 15 is 0 Å². The topological polar surface area (TPSA) is 9.23 Å². The van der Waals surface area contributed by atoms with Crippen molar-refractivity contribution in [2.24, 2.45) is 0 Å². The summed E-state index contributed by atoms with van der Waals surface area (Å²) < 4.78 is 6.01. The van der Waals surface area contributed by atoms with Crippen LogP contribution >= 0.6 is 0 Å². The molecule has 0 saturated carbocycles. The van der Waals surface area contributed by atoms with E-state index in [0.29, 0.717) is 0 Å². The fourth-order valence-electron chi connectivity index (χ4n) is 2.78. The van der Waals surface area contributed by atoms with Gasteiger partial charge in [-0.3, -0.25) is 0 Å². The SMILES string of the molecule is C=CCCCCCCCCOc1ccccc1C=Cc1ccccc1. The van der Waals surface area contributed by atoms with Crippen molar-refractivity contribution in [2.75, 3.05) is 6.61 Å². The number of unbranched alkanes of at least 4 members (excludes halogenated alkanes) is 6. The summed E-state index contributed by atoms with van der Waals surface area (Å²) in [5.74, 6) is 0.973. The highest BCUT2D eigenvalue weighted by atomic mass is 16.5. The van der Waals surface area contributed by atoms with Gasteiger partial charge in [0.25, 0.3) is 0 Å². The van der Waals surface area contributed by atoms with Crippen LogP contribution in [0.2, 0.25) is 0 Å². The van der Waals surface area contributed by atoms with Crippen LogP contribution in [-0.4, -0.2) is 6.61 Å². The average Bonchev–Trinajstić information content (AvgIpc) is 2.66. The Hall–Kier alpha value is -2.28. The molecule has 2 rings (SSSR count). The monoisotopic (exact) mass is 334 g/mol. The summed E-state index contributed by atoms with van der Waals surface area (Å²) in [6.07, 6.45) is 15.0. The van der Waals surface area contributed by atoms with E-state index in [-0.39, 0.29) is 0 Å². The third kappa shape index (κ3) is 7.89. The molecule has 132 valence electrons. The van der Waals surface area contributed by atoms with Crippen LogP contribution in [0.5, 0.6) is 5.75 Å². The van der Waals surface area contributed by atoms with E-state index in [2.05, 4.69) is 61.2 Å². The third-order valence-electron chi connectivity index (χ3n) is 4.23. The summed E-state index contributed by atoms with van der Waals surface area (Å²) in [7, 11) is 0. The second kappa shape index (κ2) is 12.1. The molecule has 0 aliphatic heterocycles. The molecular weight excluding hydrogens is 304 g/mol. The molecule has 0 saturated heterocycles. The first-order valence-electron chi connectivity index (χ1n) is 9.46. The first-order chi connectivity index (χ1) is 12.4. The molecule has 1 heteroatoms. The predicted molar refractivity (Wildman–Crippen MR) is 110 cm³/mol. The second-order valence-corrected chi connectivity index (χ2v) is 6.33. The number of hydrogen-bond acceptors (Lipinski definition) is 1. The van der Waals surface area contributed by atoms with Crippen molar-refractivity contribution < 1.29 is 4.74 Å². The molecule has 2 aromatic rings. The maximum absolute atomic E-state index is 6.01. The van der Waals surface area contributed by atoms with Gasteiger partial charge in [0.15, 0.2) is 0 Å². The van der Waals surface area contributed by atoms with Crippen molar-refractivity contribution in [3.05, 3.63) is 78.4 Å². The normalized spacial score (nSPS) is 10.9. The van der Waals surface area contributed by atoms with E-state index in [9.17, 15) is 0 Å². The van der Waals surface area contributed by atoms with Gasteiger partial charge in [0.2, 0.25) is 0 Å². The number of para-hydroxylation sites is 1. The molecule has 25 heavy (non-hydrogen) atoms. The quantitative estimate of drug-likeness (QED) is 0.227. The van der Waals surface area contributed by atoms with Crippen molar-refractivity contribution in [1.82, 2.24) is 0 Å². The molecular formula is C24H30O. The van der Waals surface area contributed by atoms with Crippen molar-refractivity contribution in [1.29, 1.82) is 0 Å². The minimum Gasteiger partial charge on any atom is -0.493 e. The van der Waals surface area contributed by atoms with Crippen molar-refractivity contribution in [3.8, 4) is 5.75 Å². The highest BCUT2D eigenvalue weighted by molar-refractivity contribution is 5.72. The van der Waals surface area contributed by atoms with Gasteiger partial charge in [-0.1, -0.05) is 92.4 Å². The number of benzene rings is 2. The van der Waals surface area contributed by atoms with Gasteiger partial charge in [-0.25, -0.2) is 0 Å². The predicted octanol–water partition coefficient (Wildman–Crippen LogP) is 7.15. The molecule has 0 unspecified atom stereocenters. The van der Waals surface area contributed by atoms with E-state index < -0.39 is 0 Å². The van der Waals surface area contributed by atoms with Gasteiger partial charge in [0.1, 0.15) is 5.75 Å². The largest absolute Gasteiger partial charge is 0.493 e. The van der Waals surface area contributed by atoms with Gasteiger partial charge < -0.3 is 4.74 Å². The van der Waals surface area contributed by atoms with E-state index in [1.807, 2.05) is 18.2 Å². The van der Waals surface area contributed by atoms with Crippen molar-refractivity contribution >= 4 is 12.2 Å². The minimum atomic E-state index is 0.794. The van der Waals surface area contributed by atoms with Crippen LogP contribution in [0, 0.1) is 0 Å². The molecule has 0 spiro atoms. The molecule has 0 aliphatic carbocycles. The molecule has 0 N–H and O–H groups in total. The number of hydrogen-bond donors (Lipinski definition) is 0. The third-order valence-corrected chi connectivity index (χ3v) is 4.23. The molecule has 0 heterocycles. The van der Waals surface area contributed by atoms with Crippen LogP contribution in [0.1, 0.15) is 56.1 Å². The van der Waals surface area contributed by atoms with Gasteiger partial charge in [-0.15, -0.1) is 6.58 Å². The molecule has 0 amide bonds. The zero-order valence-electron chi connectivity index (χ0n) is 15.2. The Morgan fingerprint density at radius 2 is 1.40 bits per heavy atom. The smallest absolute Gasteiger partial charge is 0.126 e. The fraction of sp³-hybridized carbons (Fsp3) is 0.333. The maximum atomic E-state index is 6.01. The Bertz CT molecular complexity index is 628. The van der Waals surface area contributed by atoms with E-state index in [4.69, 9.17) is 4.74 Å². The highest BCUT2D eigenvalue weighted by Crippen LogP contribution is 2.21. The zero-order chi connectivity index (χ0) is 17.6. The minimum absolute atomic E-state index is 0.794. The van der Waals surface area contributed by atoms with Crippen LogP contribution in [-0.2, 0) is 0 Å². The molecule has 0 atom stereocenters. The van der Waals surface area contributed by atoms with E-state index in [1.165, 1.54) is 37.7 Å². The lowest BCUT2D eigenvalue weighted by molar-refractivity contribution is 0.304. The van der Waals surface area contributed by atoms with Gasteiger partial charge in [-0.05, 0) is 30.9 Å². The number of ether oxygens (including phenoxy) is 1. The van der Waals surface area contributed by atoms with E-state index in [0.717, 1.165) is 30.8 Å². The molecule has 0 aliphatic rings. The molecule has 0 bridgehead atoms. The summed E-state index contributed by atoms with van der Waals surface area (Å²) >= 11 is 0. The Balaban J connectivity index is 1.71. The Kier molecular flexibility index (Phi) is 9.25.